The van der Waals surface area contributed by atoms with Crippen molar-refractivity contribution in [2.45, 2.75) is 6.29 Å². The predicted molar refractivity (Wildman–Crippen MR) is 40.7 cm³/mol. The molecule has 0 aliphatic rings. The number of aliphatic hydroxyl groups is 1. The summed E-state index contributed by atoms with van der Waals surface area (Å²) in [5.41, 5.74) is 0. The molecule has 1 aromatic rings. The first-order valence-electron chi connectivity index (χ1n) is 3.33. The molecule has 0 heterocycles. The van der Waals surface area contributed by atoms with E-state index in [1.807, 2.05) is 0 Å². The van der Waals surface area contributed by atoms with Gasteiger partial charge in [0, 0.05) is 0 Å². The molecule has 0 saturated heterocycles. The van der Waals surface area contributed by atoms with Crippen molar-refractivity contribution < 1.29 is 19.7 Å². The van der Waals surface area contributed by atoms with Crippen LogP contribution in [0.2, 0.25) is 0 Å². The molecule has 0 aliphatic heterocycles. The number of ether oxygens (including phenoxy) is 1. The quantitative estimate of drug-likeness (QED) is 0.644. The molecule has 0 fully saturated rings. The molecule has 1 atom stereocenters. The summed E-state index contributed by atoms with van der Waals surface area (Å²) >= 11 is 0. The van der Waals surface area contributed by atoms with Gasteiger partial charge < -0.3 is 14.9 Å². The molecule has 4 heteroatoms. The number of aliphatic carboxylic acids is 1. The molecule has 0 aliphatic carbocycles. The zero-order valence-corrected chi connectivity index (χ0v) is 6.18. The van der Waals surface area contributed by atoms with Gasteiger partial charge in [-0.05, 0) is 12.1 Å². The van der Waals surface area contributed by atoms with Gasteiger partial charge in [0.2, 0.25) is 0 Å². The van der Waals surface area contributed by atoms with Crippen LogP contribution < -0.4 is 4.74 Å². The van der Waals surface area contributed by atoms with Gasteiger partial charge >= 0.3 is 5.97 Å². The number of hydrogen-bond acceptors (Lipinski definition) is 3. The Labute approximate surface area is 69.0 Å². The average molecular weight is 168 g/mol. The zero-order chi connectivity index (χ0) is 8.97. The summed E-state index contributed by atoms with van der Waals surface area (Å²) in [6.07, 6.45) is -1.80. The van der Waals surface area contributed by atoms with E-state index in [1.54, 1.807) is 30.3 Å². The van der Waals surface area contributed by atoms with Gasteiger partial charge in [0.15, 0.2) is 0 Å². The maximum Gasteiger partial charge on any atom is 0.373 e. The number of hydrogen-bond donors (Lipinski definition) is 2. The lowest BCUT2D eigenvalue weighted by Gasteiger charge is -2.07. The van der Waals surface area contributed by atoms with Gasteiger partial charge in [-0.2, -0.15) is 0 Å². The molecule has 0 bridgehead atoms. The highest BCUT2D eigenvalue weighted by Crippen LogP contribution is 2.09. The highest BCUT2D eigenvalue weighted by Gasteiger charge is 2.13. The molecule has 0 aromatic heterocycles. The van der Waals surface area contributed by atoms with E-state index in [9.17, 15) is 4.79 Å². The maximum atomic E-state index is 10.1. The number of carbonyl (C=O) groups is 1. The largest absolute Gasteiger partial charge is 0.477 e. The lowest BCUT2D eigenvalue weighted by molar-refractivity contribution is -0.162. The summed E-state index contributed by atoms with van der Waals surface area (Å²) in [4.78, 5) is 10.1. The standard InChI is InChI=1S/C8H8O4/c9-7(10)8(11)12-6-4-2-1-3-5-6/h1-5,8,11H,(H,9,10). The van der Waals surface area contributed by atoms with Gasteiger partial charge in [0.1, 0.15) is 5.75 Å². The number of aliphatic hydroxyl groups excluding tert-OH is 1. The minimum Gasteiger partial charge on any atom is -0.477 e. The molecular weight excluding hydrogens is 160 g/mol. The molecule has 4 nitrogen and oxygen atoms in total. The summed E-state index contributed by atoms with van der Waals surface area (Å²) in [6, 6.07) is 8.26. The lowest BCUT2D eigenvalue weighted by atomic mass is 10.3. The maximum absolute atomic E-state index is 10.1. The molecule has 0 spiro atoms. The summed E-state index contributed by atoms with van der Waals surface area (Å²) in [5, 5.41) is 17.0. The average Bonchev–Trinajstić information content (AvgIpc) is 2.06. The molecule has 1 rings (SSSR count). The number of para-hydroxylation sites is 1. The van der Waals surface area contributed by atoms with Gasteiger partial charge in [-0.25, -0.2) is 4.79 Å². The summed E-state index contributed by atoms with van der Waals surface area (Å²) in [7, 11) is 0. The molecule has 0 amide bonds. The molecule has 0 saturated carbocycles. The Morgan fingerprint density at radius 3 is 2.42 bits per heavy atom. The lowest BCUT2D eigenvalue weighted by Crippen LogP contribution is -2.25. The van der Waals surface area contributed by atoms with Crippen LogP contribution >= 0.6 is 0 Å². The van der Waals surface area contributed by atoms with E-state index in [1.165, 1.54) is 0 Å². The Morgan fingerprint density at radius 2 is 1.92 bits per heavy atom. The van der Waals surface area contributed by atoms with Crippen LogP contribution in [-0.4, -0.2) is 22.5 Å². The van der Waals surface area contributed by atoms with E-state index in [0.29, 0.717) is 5.75 Å². The van der Waals surface area contributed by atoms with E-state index in [-0.39, 0.29) is 0 Å². The van der Waals surface area contributed by atoms with Gasteiger partial charge in [0.25, 0.3) is 6.29 Å². The van der Waals surface area contributed by atoms with Crippen molar-refractivity contribution in [2.75, 3.05) is 0 Å². The normalized spacial score (nSPS) is 12.1. The minimum atomic E-state index is -1.80. The highest BCUT2D eigenvalue weighted by atomic mass is 16.6. The first-order valence-corrected chi connectivity index (χ1v) is 3.33. The zero-order valence-electron chi connectivity index (χ0n) is 6.18. The van der Waals surface area contributed by atoms with Crippen LogP contribution in [-0.2, 0) is 4.79 Å². The Balaban J connectivity index is 2.58. The van der Waals surface area contributed by atoms with Crippen molar-refractivity contribution in [1.82, 2.24) is 0 Å². The van der Waals surface area contributed by atoms with Crippen molar-refractivity contribution in [3.63, 3.8) is 0 Å². The Hall–Kier alpha value is -1.55. The third-order valence-corrected chi connectivity index (χ3v) is 1.20. The summed E-state index contributed by atoms with van der Waals surface area (Å²) in [5.74, 6) is -1.08. The van der Waals surface area contributed by atoms with E-state index in [2.05, 4.69) is 4.74 Å². The van der Waals surface area contributed by atoms with Gasteiger partial charge in [0.05, 0.1) is 0 Å². The van der Waals surface area contributed by atoms with Gasteiger partial charge in [-0.1, -0.05) is 18.2 Å². The Bertz CT molecular complexity index is 257. The topological polar surface area (TPSA) is 66.8 Å². The van der Waals surface area contributed by atoms with Gasteiger partial charge in [-0.3, -0.25) is 0 Å². The van der Waals surface area contributed by atoms with E-state index in [0.717, 1.165) is 0 Å². The fourth-order valence-electron chi connectivity index (χ4n) is 0.678. The SMILES string of the molecule is O=C(O)C(O)Oc1ccccc1. The summed E-state index contributed by atoms with van der Waals surface area (Å²) < 4.78 is 4.63. The Morgan fingerprint density at radius 1 is 1.33 bits per heavy atom. The molecule has 12 heavy (non-hydrogen) atoms. The third kappa shape index (κ3) is 2.25. The van der Waals surface area contributed by atoms with Crippen LogP contribution in [0.3, 0.4) is 0 Å². The van der Waals surface area contributed by atoms with Crippen LogP contribution in [0.4, 0.5) is 0 Å². The second kappa shape index (κ2) is 3.73. The number of benzene rings is 1. The van der Waals surface area contributed by atoms with Crippen LogP contribution in [0.1, 0.15) is 0 Å². The van der Waals surface area contributed by atoms with Crippen molar-refractivity contribution in [2.24, 2.45) is 0 Å². The van der Waals surface area contributed by atoms with Crippen molar-refractivity contribution in [3.8, 4) is 5.75 Å². The van der Waals surface area contributed by atoms with E-state index >= 15 is 0 Å². The van der Waals surface area contributed by atoms with E-state index < -0.39 is 12.3 Å². The van der Waals surface area contributed by atoms with Crippen molar-refractivity contribution in [1.29, 1.82) is 0 Å². The first kappa shape index (κ1) is 8.55. The molecule has 1 unspecified atom stereocenters. The van der Waals surface area contributed by atoms with Gasteiger partial charge in [-0.15, -0.1) is 0 Å². The minimum absolute atomic E-state index is 0.326. The second-order valence-electron chi connectivity index (χ2n) is 2.12. The highest BCUT2D eigenvalue weighted by molar-refractivity contribution is 5.70. The van der Waals surface area contributed by atoms with Crippen LogP contribution in [0.25, 0.3) is 0 Å². The molecular formula is C8H8O4. The number of carboxylic acid groups (broad SMARTS) is 1. The first-order chi connectivity index (χ1) is 5.70. The number of rotatable bonds is 3. The summed E-state index contributed by atoms with van der Waals surface area (Å²) in [6.45, 7) is 0. The van der Waals surface area contributed by atoms with E-state index in [4.69, 9.17) is 10.2 Å². The molecule has 0 radical (unpaired) electrons. The monoisotopic (exact) mass is 168 g/mol. The van der Waals surface area contributed by atoms with Crippen molar-refractivity contribution in [3.05, 3.63) is 30.3 Å². The molecule has 64 valence electrons. The predicted octanol–water partition coefficient (Wildman–Crippen LogP) is 0.468. The van der Waals surface area contributed by atoms with Crippen molar-refractivity contribution >= 4 is 5.97 Å². The van der Waals surface area contributed by atoms with Crippen LogP contribution in [0, 0.1) is 0 Å². The fraction of sp³-hybridized carbons (Fsp3) is 0.125. The van der Waals surface area contributed by atoms with Crippen LogP contribution in [0.15, 0.2) is 30.3 Å². The number of carboxylic acids is 1. The smallest absolute Gasteiger partial charge is 0.373 e. The van der Waals surface area contributed by atoms with Crippen LogP contribution in [0.5, 0.6) is 5.75 Å². The molecule has 1 aromatic carbocycles. The third-order valence-electron chi connectivity index (χ3n) is 1.20. The Kier molecular flexibility index (Phi) is 2.66. The second-order valence-corrected chi connectivity index (χ2v) is 2.12. The fourth-order valence-corrected chi connectivity index (χ4v) is 0.678. The molecule has 2 N–H and O–H groups in total.